The first kappa shape index (κ1) is 12.0. The molecule has 0 radical (unpaired) electrons. The van der Waals surface area contributed by atoms with Crippen molar-refractivity contribution in [2.24, 2.45) is 5.92 Å². The Balaban J connectivity index is 1.65. The van der Waals surface area contributed by atoms with Gasteiger partial charge in [0.1, 0.15) is 11.6 Å². The first-order valence-corrected chi connectivity index (χ1v) is 7.21. The van der Waals surface area contributed by atoms with Gasteiger partial charge >= 0.3 is 0 Å². The van der Waals surface area contributed by atoms with Gasteiger partial charge in [-0.3, -0.25) is 0 Å². The van der Waals surface area contributed by atoms with Crippen LogP contribution in [0.3, 0.4) is 0 Å². The average molecular weight is 272 g/mol. The lowest BCUT2D eigenvalue weighted by molar-refractivity contribution is 0.377. The van der Waals surface area contributed by atoms with Gasteiger partial charge in [0, 0.05) is 19.5 Å². The number of rotatable bonds is 3. The minimum Gasteiger partial charge on any atom is -0.312 e. The Morgan fingerprint density at radius 1 is 1.25 bits per heavy atom. The van der Waals surface area contributed by atoms with Crippen LogP contribution in [0.5, 0.6) is 0 Å². The number of nitrogens with one attached hydrogen (secondary N) is 1. The summed E-state index contributed by atoms with van der Waals surface area (Å²) in [5.74, 6) is 2.44. The first-order valence-electron chi connectivity index (χ1n) is 7.21. The van der Waals surface area contributed by atoms with Crippen LogP contribution >= 0.6 is 0 Å². The van der Waals surface area contributed by atoms with E-state index in [1.807, 2.05) is 12.1 Å². The molecule has 0 saturated heterocycles. The van der Waals surface area contributed by atoms with E-state index in [9.17, 15) is 4.39 Å². The minimum atomic E-state index is -0.169. The molecular weight excluding hydrogens is 255 g/mol. The van der Waals surface area contributed by atoms with Gasteiger partial charge in [0.2, 0.25) is 0 Å². The molecule has 1 aliphatic heterocycles. The highest BCUT2D eigenvalue weighted by Gasteiger charge is 2.37. The van der Waals surface area contributed by atoms with Crippen LogP contribution in [-0.2, 0) is 13.0 Å². The standard InChI is InChI=1S/C15H17FN4/c16-12-4-2-1-3-11(12)9-13-18-19-15-14(10-5-6-10)17-7-8-20(13)15/h1-4,10,14,17H,5-9H2. The van der Waals surface area contributed by atoms with Crippen molar-refractivity contribution in [2.75, 3.05) is 6.54 Å². The van der Waals surface area contributed by atoms with E-state index in [4.69, 9.17) is 0 Å². The van der Waals surface area contributed by atoms with E-state index < -0.39 is 0 Å². The maximum Gasteiger partial charge on any atom is 0.150 e. The molecule has 2 heterocycles. The van der Waals surface area contributed by atoms with Gasteiger partial charge < -0.3 is 9.88 Å². The molecular formula is C15H17FN4. The number of hydrogen-bond donors (Lipinski definition) is 1. The summed E-state index contributed by atoms with van der Waals surface area (Å²) in [5.41, 5.74) is 0.684. The van der Waals surface area contributed by atoms with Gasteiger partial charge in [-0.15, -0.1) is 10.2 Å². The van der Waals surface area contributed by atoms with Crippen molar-refractivity contribution in [3.63, 3.8) is 0 Å². The quantitative estimate of drug-likeness (QED) is 0.930. The number of aromatic nitrogens is 3. The topological polar surface area (TPSA) is 42.7 Å². The van der Waals surface area contributed by atoms with Crippen LogP contribution < -0.4 is 5.32 Å². The molecule has 104 valence electrons. The van der Waals surface area contributed by atoms with Crippen molar-refractivity contribution in [3.8, 4) is 0 Å². The van der Waals surface area contributed by atoms with E-state index in [0.717, 1.165) is 24.7 Å². The summed E-state index contributed by atoms with van der Waals surface area (Å²) < 4.78 is 15.9. The Morgan fingerprint density at radius 2 is 2.10 bits per heavy atom. The summed E-state index contributed by atoms with van der Waals surface area (Å²) in [6.07, 6.45) is 3.05. The molecule has 0 amide bonds. The predicted molar refractivity (Wildman–Crippen MR) is 72.7 cm³/mol. The van der Waals surface area contributed by atoms with Gasteiger partial charge in [0.15, 0.2) is 5.82 Å². The van der Waals surface area contributed by atoms with Gasteiger partial charge in [-0.05, 0) is 30.4 Å². The summed E-state index contributed by atoms with van der Waals surface area (Å²) in [4.78, 5) is 0. The van der Waals surface area contributed by atoms with Gasteiger partial charge in [-0.2, -0.15) is 0 Å². The third-order valence-corrected chi connectivity index (χ3v) is 4.23. The second kappa shape index (κ2) is 4.66. The maximum atomic E-state index is 13.8. The lowest BCUT2D eigenvalue weighted by Gasteiger charge is -2.25. The summed E-state index contributed by atoms with van der Waals surface area (Å²) in [6.45, 7) is 1.81. The average Bonchev–Trinajstić information content (AvgIpc) is 3.23. The van der Waals surface area contributed by atoms with Gasteiger partial charge in [-0.1, -0.05) is 18.2 Å². The molecule has 1 aromatic carbocycles. The number of halogens is 1. The van der Waals surface area contributed by atoms with Crippen LogP contribution in [0.1, 0.15) is 36.1 Å². The van der Waals surface area contributed by atoms with Crippen LogP contribution in [-0.4, -0.2) is 21.3 Å². The fraction of sp³-hybridized carbons (Fsp3) is 0.467. The molecule has 1 fully saturated rings. The van der Waals surface area contributed by atoms with Crippen molar-refractivity contribution < 1.29 is 4.39 Å². The molecule has 2 aromatic rings. The molecule has 1 saturated carbocycles. The zero-order chi connectivity index (χ0) is 13.5. The molecule has 1 aromatic heterocycles. The highest BCUT2D eigenvalue weighted by Crippen LogP contribution is 2.41. The summed E-state index contributed by atoms with van der Waals surface area (Å²) in [6, 6.07) is 7.23. The zero-order valence-electron chi connectivity index (χ0n) is 11.2. The first-order chi connectivity index (χ1) is 9.83. The fourth-order valence-corrected chi connectivity index (χ4v) is 3.00. The van der Waals surface area contributed by atoms with E-state index >= 15 is 0 Å². The normalized spacial score (nSPS) is 21.8. The highest BCUT2D eigenvalue weighted by atomic mass is 19.1. The van der Waals surface area contributed by atoms with Crippen molar-refractivity contribution in [1.29, 1.82) is 0 Å². The molecule has 4 nitrogen and oxygen atoms in total. The van der Waals surface area contributed by atoms with Crippen LogP contribution in [0.25, 0.3) is 0 Å². The molecule has 1 unspecified atom stereocenters. The Morgan fingerprint density at radius 3 is 2.90 bits per heavy atom. The Labute approximate surface area is 117 Å². The van der Waals surface area contributed by atoms with Gasteiger partial charge in [0.25, 0.3) is 0 Å². The lowest BCUT2D eigenvalue weighted by Crippen LogP contribution is -2.35. The molecule has 0 bridgehead atoms. The van der Waals surface area contributed by atoms with E-state index in [1.54, 1.807) is 6.07 Å². The molecule has 1 N–H and O–H groups in total. The maximum absolute atomic E-state index is 13.8. The van der Waals surface area contributed by atoms with E-state index in [1.165, 1.54) is 18.9 Å². The highest BCUT2D eigenvalue weighted by molar-refractivity contribution is 5.22. The van der Waals surface area contributed by atoms with E-state index in [0.29, 0.717) is 23.9 Å². The number of nitrogens with zero attached hydrogens (tertiary/aromatic N) is 3. The van der Waals surface area contributed by atoms with Crippen molar-refractivity contribution in [1.82, 2.24) is 20.1 Å². The molecule has 2 aliphatic rings. The third kappa shape index (κ3) is 2.02. The molecule has 5 heteroatoms. The molecule has 20 heavy (non-hydrogen) atoms. The van der Waals surface area contributed by atoms with Crippen molar-refractivity contribution in [3.05, 3.63) is 47.3 Å². The molecule has 0 spiro atoms. The lowest BCUT2D eigenvalue weighted by atomic mass is 10.1. The molecule has 4 rings (SSSR count). The van der Waals surface area contributed by atoms with Crippen LogP contribution in [0.4, 0.5) is 4.39 Å². The van der Waals surface area contributed by atoms with Gasteiger partial charge in [0.05, 0.1) is 6.04 Å². The monoisotopic (exact) mass is 272 g/mol. The number of fused-ring (bicyclic) bond motifs is 1. The fourth-order valence-electron chi connectivity index (χ4n) is 3.00. The smallest absolute Gasteiger partial charge is 0.150 e. The third-order valence-electron chi connectivity index (χ3n) is 4.23. The summed E-state index contributed by atoms with van der Waals surface area (Å²) in [7, 11) is 0. The molecule has 1 aliphatic carbocycles. The van der Waals surface area contributed by atoms with Crippen molar-refractivity contribution in [2.45, 2.75) is 31.8 Å². The molecule has 1 atom stereocenters. The number of benzene rings is 1. The largest absolute Gasteiger partial charge is 0.312 e. The second-order valence-corrected chi connectivity index (χ2v) is 5.66. The Bertz CT molecular complexity index is 633. The number of hydrogen-bond acceptors (Lipinski definition) is 3. The van der Waals surface area contributed by atoms with Gasteiger partial charge in [-0.25, -0.2) is 4.39 Å². The van der Waals surface area contributed by atoms with Crippen LogP contribution in [0.2, 0.25) is 0 Å². The predicted octanol–water partition coefficient (Wildman–Crippen LogP) is 2.06. The Hall–Kier alpha value is -1.75. The SMILES string of the molecule is Fc1ccccc1Cc1nnc2n1CCNC2C1CC1. The Kier molecular flexibility index (Phi) is 2.80. The summed E-state index contributed by atoms with van der Waals surface area (Å²) in [5, 5.41) is 12.2. The van der Waals surface area contributed by atoms with Crippen molar-refractivity contribution >= 4 is 0 Å². The van der Waals surface area contributed by atoms with E-state index in [-0.39, 0.29) is 5.82 Å². The zero-order valence-corrected chi connectivity index (χ0v) is 11.2. The second-order valence-electron chi connectivity index (χ2n) is 5.66. The summed E-state index contributed by atoms with van der Waals surface area (Å²) >= 11 is 0. The van der Waals surface area contributed by atoms with E-state index in [2.05, 4.69) is 20.1 Å². The van der Waals surface area contributed by atoms with Crippen LogP contribution in [0.15, 0.2) is 24.3 Å². The minimum absolute atomic E-state index is 0.169. The van der Waals surface area contributed by atoms with Crippen LogP contribution in [0, 0.1) is 11.7 Å².